The van der Waals surface area contributed by atoms with E-state index in [9.17, 15) is 8.42 Å². The van der Waals surface area contributed by atoms with E-state index in [4.69, 9.17) is 5.14 Å². The highest BCUT2D eigenvalue weighted by atomic mass is 32.2. The fourth-order valence-electron chi connectivity index (χ4n) is 1.67. The fraction of sp³-hybridized carbons (Fsp3) is 0.154. The quantitative estimate of drug-likeness (QED) is 0.889. The summed E-state index contributed by atoms with van der Waals surface area (Å²) in [6, 6.07) is 8.39. The molecule has 5 nitrogen and oxygen atoms in total. The van der Waals surface area contributed by atoms with Gasteiger partial charge >= 0.3 is 0 Å². The molecule has 0 atom stereocenters. The van der Waals surface area contributed by atoms with Crippen LogP contribution in [-0.2, 0) is 16.6 Å². The zero-order chi connectivity index (χ0) is 13.9. The summed E-state index contributed by atoms with van der Waals surface area (Å²) in [6.07, 6.45) is 3.51. The summed E-state index contributed by atoms with van der Waals surface area (Å²) in [5, 5.41) is 8.31. The van der Waals surface area contributed by atoms with E-state index in [1.165, 1.54) is 12.1 Å². The third-order valence-corrected chi connectivity index (χ3v) is 3.68. The minimum absolute atomic E-state index is 0.122. The molecule has 0 radical (unpaired) electrons. The largest absolute Gasteiger partial charge is 0.381 e. The lowest BCUT2D eigenvalue weighted by Gasteiger charge is -2.09. The Bertz CT molecular complexity index is 667. The number of hydrogen-bond donors (Lipinski definition) is 2. The van der Waals surface area contributed by atoms with Crippen LogP contribution in [0.3, 0.4) is 0 Å². The minimum atomic E-state index is -3.62. The molecule has 0 aliphatic rings. The normalized spacial score (nSPS) is 11.3. The average Bonchev–Trinajstić information content (AvgIpc) is 2.37. The van der Waals surface area contributed by atoms with Crippen LogP contribution in [0.15, 0.2) is 47.6 Å². The molecule has 0 aliphatic carbocycles. The maximum absolute atomic E-state index is 11.1. The van der Waals surface area contributed by atoms with Crippen molar-refractivity contribution >= 4 is 15.7 Å². The first-order chi connectivity index (χ1) is 8.97. The molecule has 0 amide bonds. The topological polar surface area (TPSA) is 85.1 Å². The number of aromatic nitrogens is 1. The van der Waals surface area contributed by atoms with E-state index in [-0.39, 0.29) is 4.90 Å². The second kappa shape index (κ2) is 5.38. The maximum Gasteiger partial charge on any atom is 0.238 e. The van der Waals surface area contributed by atoms with E-state index < -0.39 is 10.0 Å². The van der Waals surface area contributed by atoms with Crippen molar-refractivity contribution in [1.29, 1.82) is 0 Å². The highest BCUT2D eigenvalue weighted by Crippen LogP contribution is 2.14. The summed E-state index contributed by atoms with van der Waals surface area (Å²) in [7, 11) is -3.62. The van der Waals surface area contributed by atoms with Crippen LogP contribution in [0.1, 0.15) is 11.1 Å². The van der Waals surface area contributed by atoms with Crippen LogP contribution < -0.4 is 10.5 Å². The van der Waals surface area contributed by atoms with E-state index in [1.807, 2.05) is 13.0 Å². The third-order valence-electron chi connectivity index (χ3n) is 2.76. The summed E-state index contributed by atoms with van der Waals surface area (Å²) in [5.41, 5.74) is 3.04. The summed E-state index contributed by atoms with van der Waals surface area (Å²) >= 11 is 0. The van der Waals surface area contributed by atoms with Crippen molar-refractivity contribution in [1.82, 2.24) is 4.98 Å². The van der Waals surface area contributed by atoms with Gasteiger partial charge in [-0.15, -0.1) is 0 Å². The molecule has 1 aromatic carbocycles. The number of nitrogens with zero attached hydrogens (tertiary/aromatic N) is 1. The van der Waals surface area contributed by atoms with Crippen LogP contribution in [0, 0.1) is 6.92 Å². The number of sulfonamides is 1. The summed E-state index contributed by atoms with van der Waals surface area (Å²) in [6.45, 7) is 2.58. The fourth-order valence-corrected chi connectivity index (χ4v) is 2.18. The zero-order valence-electron chi connectivity index (χ0n) is 10.5. The van der Waals surface area contributed by atoms with E-state index in [2.05, 4.69) is 10.3 Å². The van der Waals surface area contributed by atoms with Gasteiger partial charge in [0.2, 0.25) is 10.0 Å². The number of hydrogen-bond acceptors (Lipinski definition) is 4. The predicted molar refractivity (Wildman–Crippen MR) is 74.1 cm³/mol. The number of anilines is 1. The number of aryl methyl sites for hydroxylation is 1. The average molecular weight is 277 g/mol. The molecule has 6 heteroatoms. The molecular weight excluding hydrogens is 262 g/mol. The molecule has 0 saturated heterocycles. The van der Waals surface area contributed by atoms with Gasteiger partial charge in [-0.3, -0.25) is 4.98 Å². The van der Waals surface area contributed by atoms with Gasteiger partial charge in [0, 0.05) is 24.6 Å². The first-order valence-electron chi connectivity index (χ1n) is 5.73. The second-order valence-corrected chi connectivity index (χ2v) is 5.79. The Morgan fingerprint density at radius 3 is 2.47 bits per heavy atom. The molecule has 1 aromatic heterocycles. The molecule has 3 N–H and O–H groups in total. The number of benzene rings is 1. The standard InChI is InChI=1S/C13H15N3O2S/c1-10-8-15-7-6-13(10)16-9-11-2-4-12(5-3-11)19(14,17)18/h2-8H,9H2,1H3,(H,15,16)(H2,14,17,18). The molecule has 0 aliphatic heterocycles. The van der Waals surface area contributed by atoms with Crippen molar-refractivity contribution in [2.45, 2.75) is 18.4 Å². The smallest absolute Gasteiger partial charge is 0.238 e. The van der Waals surface area contributed by atoms with Gasteiger partial charge in [-0.1, -0.05) is 12.1 Å². The van der Waals surface area contributed by atoms with Gasteiger partial charge < -0.3 is 5.32 Å². The molecule has 0 saturated carbocycles. The van der Waals surface area contributed by atoms with Crippen LogP contribution in [0.4, 0.5) is 5.69 Å². The van der Waals surface area contributed by atoms with Gasteiger partial charge in [0.1, 0.15) is 0 Å². The Balaban J connectivity index is 2.07. The van der Waals surface area contributed by atoms with Crippen molar-refractivity contribution in [2.75, 3.05) is 5.32 Å². The Labute approximate surface area is 112 Å². The van der Waals surface area contributed by atoms with Gasteiger partial charge in [0.05, 0.1) is 4.90 Å². The summed E-state index contributed by atoms with van der Waals surface area (Å²) in [4.78, 5) is 4.14. The van der Waals surface area contributed by atoms with Crippen LogP contribution in [-0.4, -0.2) is 13.4 Å². The van der Waals surface area contributed by atoms with Crippen LogP contribution in [0.5, 0.6) is 0 Å². The molecule has 0 fully saturated rings. The number of primary sulfonamides is 1. The molecule has 0 unspecified atom stereocenters. The highest BCUT2D eigenvalue weighted by molar-refractivity contribution is 7.89. The molecule has 0 bridgehead atoms. The Kier molecular flexibility index (Phi) is 3.82. The molecule has 100 valence electrons. The van der Waals surface area contributed by atoms with Gasteiger partial charge in [-0.2, -0.15) is 0 Å². The molecule has 19 heavy (non-hydrogen) atoms. The third kappa shape index (κ3) is 3.52. The number of nitrogens with two attached hydrogens (primary N) is 1. The van der Waals surface area contributed by atoms with Crippen molar-refractivity contribution < 1.29 is 8.42 Å². The van der Waals surface area contributed by atoms with E-state index in [0.29, 0.717) is 6.54 Å². The monoisotopic (exact) mass is 277 g/mol. The van der Waals surface area contributed by atoms with Gasteiger partial charge in [0.15, 0.2) is 0 Å². The van der Waals surface area contributed by atoms with E-state index in [0.717, 1.165) is 16.8 Å². The zero-order valence-corrected chi connectivity index (χ0v) is 11.3. The first kappa shape index (κ1) is 13.5. The molecule has 2 aromatic rings. The highest BCUT2D eigenvalue weighted by Gasteiger charge is 2.06. The van der Waals surface area contributed by atoms with Gasteiger partial charge in [-0.05, 0) is 36.2 Å². The Morgan fingerprint density at radius 2 is 1.89 bits per heavy atom. The van der Waals surface area contributed by atoms with Crippen molar-refractivity contribution in [3.05, 3.63) is 53.9 Å². The van der Waals surface area contributed by atoms with Crippen LogP contribution >= 0.6 is 0 Å². The van der Waals surface area contributed by atoms with Crippen molar-refractivity contribution in [3.8, 4) is 0 Å². The number of nitrogens with one attached hydrogen (secondary N) is 1. The number of rotatable bonds is 4. The molecule has 1 heterocycles. The lowest BCUT2D eigenvalue weighted by atomic mass is 10.2. The lowest BCUT2D eigenvalue weighted by molar-refractivity contribution is 0.598. The van der Waals surface area contributed by atoms with Gasteiger partial charge in [0.25, 0.3) is 0 Å². The first-order valence-corrected chi connectivity index (χ1v) is 7.28. The van der Waals surface area contributed by atoms with Crippen LogP contribution in [0.2, 0.25) is 0 Å². The second-order valence-electron chi connectivity index (χ2n) is 4.23. The number of pyridine rings is 1. The maximum atomic E-state index is 11.1. The summed E-state index contributed by atoms with van der Waals surface area (Å²) in [5.74, 6) is 0. The van der Waals surface area contributed by atoms with E-state index in [1.54, 1.807) is 24.5 Å². The van der Waals surface area contributed by atoms with Crippen molar-refractivity contribution in [3.63, 3.8) is 0 Å². The Morgan fingerprint density at radius 1 is 1.21 bits per heavy atom. The van der Waals surface area contributed by atoms with E-state index >= 15 is 0 Å². The molecule has 2 rings (SSSR count). The van der Waals surface area contributed by atoms with Crippen LogP contribution in [0.25, 0.3) is 0 Å². The lowest BCUT2D eigenvalue weighted by Crippen LogP contribution is -2.12. The summed E-state index contributed by atoms with van der Waals surface area (Å²) < 4.78 is 22.2. The predicted octanol–water partition coefficient (Wildman–Crippen LogP) is 1.65. The molecular formula is C13H15N3O2S. The molecule has 0 spiro atoms. The minimum Gasteiger partial charge on any atom is -0.381 e. The Hall–Kier alpha value is -1.92. The SMILES string of the molecule is Cc1cnccc1NCc1ccc(S(N)(=O)=O)cc1. The van der Waals surface area contributed by atoms with Gasteiger partial charge in [-0.25, -0.2) is 13.6 Å². The van der Waals surface area contributed by atoms with Crippen molar-refractivity contribution in [2.24, 2.45) is 5.14 Å².